The molecule has 1 saturated heterocycles. The highest BCUT2D eigenvalue weighted by molar-refractivity contribution is 7.90. The predicted molar refractivity (Wildman–Crippen MR) is 185 cm³/mol. The second kappa shape index (κ2) is 12.8. The summed E-state index contributed by atoms with van der Waals surface area (Å²) in [5, 5.41) is 0. The van der Waals surface area contributed by atoms with E-state index in [4.69, 9.17) is 19.4 Å². The predicted octanol–water partition coefficient (Wildman–Crippen LogP) is 5.42. The Morgan fingerprint density at radius 1 is 1.08 bits per heavy atom. The van der Waals surface area contributed by atoms with E-state index in [1.54, 1.807) is 60.8 Å². The van der Waals surface area contributed by atoms with E-state index in [0.717, 1.165) is 60.5 Å². The van der Waals surface area contributed by atoms with Crippen molar-refractivity contribution >= 4 is 27.1 Å². The molecule has 1 fully saturated rings. The number of fused-ring (bicyclic) bond motifs is 2. The molecule has 1 atom stereocenters. The highest BCUT2D eigenvalue weighted by Gasteiger charge is 2.26. The Morgan fingerprint density at radius 2 is 1.85 bits per heavy atom. The topological polar surface area (TPSA) is 107 Å². The number of likely N-dealkylation sites (N-methyl/N-ethyl adjacent to an activating group) is 1. The van der Waals surface area contributed by atoms with Gasteiger partial charge >= 0.3 is 0 Å². The van der Waals surface area contributed by atoms with Gasteiger partial charge in [0.25, 0.3) is 15.9 Å². The average Bonchev–Trinajstić information content (AvgIpc) is 3.76. The van der Waals surface area contributed by atoms with E-state index in [9.17, 15) is 13.2 Å². The fraction of sp³-hybridized carbons (Fsp3) is 0.324. The summed E-state index contributed by atoms with van der Waals surface area (Å²) in [6, 6.07) is 18.1. The third-order valence-electron chi connectivity index (χ3n) is 9.39. The van der Waals surface area contributed by atoms with Crippen LogP contribution in [0.3, 0.4) is 0 Å². The van der Waals surface area contributed by atoms with Gasteiger partial charge in [-0.05, 0) is 74.3 Å². The summed E-state index contributed by atoms with van der Waals surface area (Å²) in [4.78, 5) is 27.2. The fourth-order valence-corrected chi connectivity index (χ4v) is 7.94. The Morgan fingerprint density at radius 3 is 2.56 bits per heavy atom. The molecule has 7 rings (SSSR count). The van der Waals surface area contributed by atoms with Crippen LogP contribution in [0.1, 0.15) is 33.5 Å². The zero-order valence-corrected chi connectivity index (χ0v) is 28.5. The van der Waals surface area contributed by atoms with Crippen LogP contribution in [0.25, 0.3) is 33.5 Å². The maximum Gasteiger partial charge on any atom is 0.269 e. The van der Waals surface area contributed by atoms with Gasteiger partial charge in [-0.3, -0.25) is 4.79 Å². The zero-order chi connectivity index (χ0) is 33.6. The number of amides is 1. The first-order chi connectivity index (χ1) is 23.1. The molecule has 5 aromatic rings. The molecule has 4 heterocycles. The zero-order valence-electron chi connectivity index (χ0n) is 27.6. The number of aryl methyl sites for hydroxylation is 1. The van der Waals surface area contributed by atoms with Crippen molar-refractivity contribution in [2.24, 2.45) is 5.92 Å². The monoisotopic (exact) mass is 665 g/mol. The van der Waals surface area contributed by atoms with Crippen molar-refractivity contribution in [2.45, 2.75) is 31.2 Å². The smallest absolute Gasteiger partial charge is 0.269 e. The van der Waals surface area contributed by atoms with Gasteiger partial charge in [0.2, 0.25) is 0 Å². The molecule has 0 spiro atoms. The maximum absolute atomic E-state index is 14.0. The van der Waals surface area contributed by atoms with Gasteiger partial charge in [0.15, 0.2) is 5.65 Å². The van der Waals surface area contributed by atoms with Gasteiger partial charge in [-0.2, -0.15) is 0 Å². The van der Waals surface area contributed by atoms with Crippen LogP contribution < -0.4 is 4.74 Å². The number of benzene rings is 3. The first-order valence-electron chi connectivity index (χ1n) is 16.1. The normalized spacial score (nSPS) is 16.6. The average molecular weight is 666 g/mol. The molecular formula is C37H39N5O5S. The Kier molecular flexibility index (Phi) is 8.53. The van der Waals surface area contributed by atoms with Crippen LogP contribution in [0.4, 0.5) is 0 Å². The van der Waals surface area contributed by atoms with Crippen molar-refractivity contribution < 1.29 is 22.7 Å². The second-order valence-corrected chi connectivity index (χ2v) is 14.7. The summed E-state index contributed by atoms with van der Waals surface area (Å²) in [5.74, 6) is 1.05. The Balaban J connectivity index is 1.32. The number of aromatic nitrogens is 3. The summed E-state index contributed by atoms with van der Waals surface area (Å²) in [6.07, 6.45) is 5.04. The van der Waals surface area contributed by atoms with E-state index in [2.05, 4.69) is 18.0 Å². The van der Waals surface area contributed by atoms with Gasteiger partial charge in [-0.1, -0.05) is 29.8 Å². The van der Waals surface area contributed by atoms with E-state index < -0.39 is 10.0 Å². The van der Waals surface area contributed by atoms with Gasteiger partial charge in [0.05, 0.1) is 30.5 Å². The van der Waals surface area contributed by atoms with Gasteiger partial charge in [0.1, 0.15) is 11.3 Å². The molecule has 248 valence electrons. The van der Waals surface area contributed by atoms with Crippen molar-refractivity contribution in [2.75, 3.05) is 47.5 Å². The SMILES string of the molecule is COc1cc(-c2cnc3c(n2)c(-c2ccc(C(=O)N(C)C[C@@H]4CCOC4)cc2)cn3S(=O)(=O)c2ccc(C)cc2)cc2c1CN(C)CC2. The number of rotatable bonds is 8. The molecule has 0 radical (unpaired) electrons. The first-order valence-corrected chi connectivity index (χ1v) is 17.6. The third-order valence-corrected chi connectivity index (χ3v) is 11.1. The van der Waals surface area contributed by atoms with E-state index in [0.29, 0.717) is 41.4 Å². The molecular weight excluding hydrogens is 627 g/mol. The van der Waals surface area contributed by atoms with Crippen molar-refractivity contribution in [1.82, 2.24) is 23.7 Å². The minimum Gasteiger partial charge on any atom is -0.496 e. The van der Waals surface area contributed by atoms with Crippen molar-refractivity contribution in [3.05, 3.63) is 95.3 Å². The molecule has 48 heavy (non-hydrogen) atoms. The van der Waals surface area contributed by atoms with Crippen LogP contribution in [0.2, 0.25) is 0 Å². The van der Waals surface area contributed by atoms with E-state index >= 15 is 0 Å². The lowest BCUT2D eigenvalue weighted by Gasteiger charge is -2.27. The first kappa shape index (κ1) is 32.0. The number of carbonyl (C=O) groups is 1. The van der Waals surface area contributed by atoms with Gasteiger partial charge in [0, 0.05) is 67.7 Å². The maximum atomic E-state index is 14.0. The van der Waals surface area contributed by atoms with Gasteiger partial charge in [-0.25, -0.2) is 22.4 Å². The quantitative estimate of drug-likeness (QED) is 0.217. The number of nitrogens with zero attached hydrogens (tertiary/aromatic N) is 5. The van der Waals surface area contributed by atoms with Crippen LogP contribution in [0.5, 0.6) is 5.75 Å². The van der Waals surface area contributed by atoms with E-state index in [1.807, 2.05) is 32.2 Å². The lowest BCUT2D eigenvalue weighted by atomic mass is 9.95. The van der Waals surface area contributed by atoms with Crippen LogP contribution in [0, 0.1) is 12.8 Å². The molecule has 11 heteroatoms. The molecule has 0 aliphatic carbocycles. The Hall–Kier alpha value is -4.58. The molecule has 3 aromatic carbocycles. The van der Waals surface area contributed by atoms with Crippen molar-refractivity contribution in [3.8, 4) is 28.1 Å². The van der Waals surface area contributed by atoms with Gasteiger partial charge in [-0.15, -0.1) is 0 Å². The van der Waals surface area contributed by atoms with Gasteiger partial charge < -0.3 is 19.3 Å². The van der Waals surface area contributed by atoms with Crippen molar-refractivity contribution in [3.63, 3.8) is 0 Å². The van der Waals surface area contributed by atoms with E-state index in [-0.39, 0.29) is 16.4 Å². The van der Waals surface area contributed by atoms with Crippen molar-refractivity contribution in [1.29, 1.82) is 0 Å². The number of carbonyl (C=O) groups excluding carboxylic acids is 1. The van der Waals surface area contributed by atoms with E-state index in [1.165, 1.54) is 9.54 Å². The summed E-state index contributed by atoms with van der Waals surface area (Å²) in [7, 11) is 1.58. The number of hydrogen-bond donors (Lipinski definition) is 0. The standard InChI is InChI=1S/C37H39N5O5S/c1-24-5-11-30(12-6-24)48(44,45)42-22-32(26-7-9-27(10-8-26)37(43)41(3)20-25-14-16-47-23-25)35-36(42)38-19-33(39-35)29-17-28-13-15-40(2)21-31(28)34(18-29)46-4/h5-12,17-19,22,25H,13-16,20-21,23H2,1-4H3/t25-/m0/s1. The Labute approximate surface area is 281 Å². The molecule has 0 saturated carbocycles. The lowest BCUT2D eigenvalue weighted by Crippen LogP contribution is -2.32. The molecule has 10 nitrogen and oxygen atoms in total. The highest BCUT2D eigenvalue weighted by atomic mass is 32.2. The fourth-order valence-electron chi connectivity index (χ4n) is 6.63. The number of methoxy groups -OCH3 is 1. The van der Waals surface area contributed by atoms with Crippen LogP contribution in [-0.4, -0.2) is 85.6 Å². The number of hydrogen-bond acceptors (Lipinski definition) is 8. The molecule has 0 unspecified atom stereocenters. The molecule has 0 bridgehead atoms. The van der Waals surface area contributed by atoms with Crippen LogP contribution >= 0.6 is 0 Å². The molecule has 2 aromatic heterocycles. The molecule has 2 aliphatic rings. The largest absolute Gasteiger partial charge is 0.496 e. The minimum absolute atomic E-state index is 0.0764. The number of ether oxygens (including phenoxy) is 2. The second-order valence-electron chi connectivity index (χ2n) is 12.9. The molecule has 2 aliphatic heterocycles. The van der Waals surface area contributed by atoms with Crippen LogP contribution in [0.15, 0.2) is 78.0 Å². The summed E-state index contributed by atoms with van der Waals surface area (Å²) < 4.78 is 40.5. The lowest BCUT2D eigenvalue weighted by molar-refractivity contribution is 0.0766. The third kappa shape index (κ3) is 5.98. The minimum atomic E-state index is -4.00. The summed E-state index contributed by atoms with van der Waals surface area (Å²) in [6.45, 7) is 5.69. The highest BCUT2D eigenvalue weighted by Crippen LogP contribution is 2.36. The summed E-state index contributed by atoms with van der Waals surface area (Å²) in [5.41, 5.74) is 7.31. The molecule has 0 N–H and O–H groups in total. The van der Waals surface area contributed by atoms with Crippen LogP contribution in [-0.2, 0) is 27.7 Å². The summed E-state index contributed by atoms with van der Waals surface area (Å²) >= 11 is 0. The molecule has 1 amide bonds. The Bertz CT molecular complexity index is 2090.